The van der Waals surface area contributed by atoms with E-state index < -0.39 is 0 Å². The fourth-order valence-electron chi connectivity index (χ4n) is 3.95. The van der Waals surface area contributed by atoms with Crippen molar-refractivity contribution >= 4 is 28.8 Å². The molecule has 7 nitrogen and oxygen atoms in total. The maximum atomic E-state index is 13.2. The number of aromatic nitrogens is 2. The monoisotopic (exact) mass is 458 g/mol. The van der Waals surface area contributed by atoms with Crippen molar-refractivity contribution in [3.63, 3.8) is 0 Å². The normalized spacial score (nSPS) is 13.5. The van der Waals surface area contributed by atoms with Crippen LogP contribution >= 0.6 is 0 Å². The van der Waals surface area contributed by atoms with Gasteiger partial charge in [0, 0.05) is 56.1 Å². The molecule has 1 saturated heterocycles. The van der Waals surface area contributed by atoms with E-state index in [9.17, 15) is 9.59 Å². The van der Waals surface area contributed by atoms with Gasteiger partial charge in [-0.25, -0.2) is 4.98 Å². The number of hydrogen-bond acceptors (Lipinski definition) is 7. The first-order valence-electron chi connectivity index (χ1n) is 11.8. The lowest BCUT2D eigenvalue weighted by molar-refractivity contribution is -0.118. The van der Waals surface area contributed by atoms with Gasteiger partial charge in [-0.05, 0) is 36.2 Å². The molecule has 0 aliphatic carbocycles. The van der Waals surface area contributed by atoms with E-state index in [1.807, 2.05) is 55.5 Å². The predicted octanol–water partition coefficient (Wildman–Crippen LogP) is 4.39. The summed E-state index contributed by atoms with van der Waals surface area (Å²) >= 11 is 0. The lowest BCUT2D eigenvalue weighted by atomic mass is 10.0. The molecule has 34 heavy (non-hydrogen) atoms. The van der Waals surface area contributed by atoms with Crippen molar-refractivity contribution in [1.29, 1.82) is 0 Å². The third kappa shape index (κ3) is 6.26. The van der Waals surface area contributed by atoms with Crippen molar-refractivity contribution in [2.75, 3.05) is 36.5 Å². The summed E-state index contributed by atoms with van der Waals surface area (Å²) in [6.07, 6.45) is 5.16. The van der Waals surface area contributed by atoms with Gasteiger partial charge in [-0.3, -0.25) is 14.6 Å². The Bertz CT molecular complexity index is 1110. The Morgan fingerprint density at radius 2 is 1.79 bits per heavy atom. The number of hydrogen-bond donors (Lipinski definition) is 1. The molecular weight excluding hydrogens is 428 g/mol. The zero-order chi connectivity index (χ0) is 23.8. The highest BCUT2D eigenvalue weighted by atomic mass is 16.5. The van der Waals surface area contributed by atoms with Gasteiger partial charge in [-0.15, -0.1) is 0 Å². The Hall–Kier alpha value is -3.58. The first kappa shape index (κ1) is 23.6. The fraction of sp³-hybridized carbons (Fsp3) is 0.333. The Morgan fingerprint density at radius 1 is 1.00 bits per heavy atom. The van der Waals surface area contributed by atoms with E-state index in [-0.39, 0.29) is 24.4 Å². The van der Waals surface area contributed by atoms with Crippen LogP contribution < -0.4 is 10.2 Å². The van der Waals surface area contributed by atoms with Crippen molar-refractivity contribution in [3.8, 4) is 0 Å². The van der Waals surface area contributed by atoms with Crippen LogP contribution in [0.4, 0.5) is 17.2 Å². The van der Waals surface area contributed by atoms with Crippen LogP contribution in [0, 0.1) is 0 Å². The van der Waals surface area contributed by atoms with Crippen LogP contribution in [0.25, 0.3) is 0 Å². The molecule has 1 fully saturated rings. The van der Waals surface area contributed by atoms with Gasteiger partial charge in [0.05, 0.1) is 24.5 Å². The highest BCUT2D eigenvalue weighted by Gasteiger charge is 2.17. The zero-order valence-corrected chi connectivity index (χ0v) is 19.5. The third-order valence-corrected chi connectivity index (χ3v) is 5.73. The van der Waals surface area contributed by atoms with E-state index in [0.29, 0.717) is 36.6 Å². The summed E-state index contributed by atoms with van der Waals surface area (Å²) in [5.74, 6) is 0.984. The van der Waals surface area contributed by atoms with Crippen LogP contribution in [-0.2, 0) is 22.4 Å². The van der Waals surface area contributed by atoms with Gasteiger partial charge in [0.2, 0.25) is 0 Å². The van der Waals surface area contributed by atoms with Crippen LogP contribution in [0.15, 0.2) is 60.9 Å². The molecular formula is C27H30N4O3. The third-order valence-electron chi connectivity index (χ3n) is 5.73. The summed E-state index contributed by atoms with van der Waals surface area (Å²) in [5, 5.41) is 3.33. The number of para-hydroxylation sites is 1. The Kier molecular flexibility index (Phi) is 7.99. The molecule has 1 aliphatic heterocycles. The highest BCUT2D eigenvalue weighted by molar-refractivity contribution is 6.02. The summed E-state index contributed by atoms with van der Waals surface area (Å²) in [4.78, 5) is 36.5. The van der Waals surface area contributed by atoms with Gasteiger partial charge < -0.3 is 15.0 Å². The zero-order valence-electron chi connectivity index (χ0n) is 19.5. The number of ether oxygens (including phenoxy) is 1. The number of morpholine rings is 1. The average Bonchev–Trinajstić information content (AvgIpc) is 2.86. The Labute approximate surface area is 200 Å². The number of nitrogens with zero attached hydrogens (tertiary/aromatic N) is 3. The highest BCUT2D eigenvalue weighted by Crippen LogP contribution is 2.24. The van der Waals surface area contributed by atoms with Crippen LogP contribution in [0.5, 0.6) is 0 Å². The van der Waals surface area contributed by atoms with Crippen molar-refractivity contribution in [2.45, 2.75) is 32.6 Å². The molecule has 0 saturated carbocycles. The SMILES string of the molecule is CCCC(=O)Cc1cc(Nc2ccccc2)c(C(=O)Cc2ccc(N3CCOCC3)nc2)cn1. The quantitative estimate of drug-likeness (QED) is 0.451. The smallest absolute Gasteiger partial charge is 0.170 e. The molecule has 0 bridgehead atoms. The number of benzene rings is 1. The summed E-state index contributed by atoms with van der Waals surface area (Å²) in [6, 6.07) is 15.4. The van der Waals surface area contributed by atoms with Crippen molar-refractivity contribution in [3.05, 3.63) is 77.7 Å². The van der Waals surface area contributed by atoms with Crippen LogP contribution in [0.3, 0.4) is 0 Å². The standard InChI is InChI=1S/C27H30N4O3/c1-2-6-23(32)16-22-17-25(30-21-7-4-3-5-8-21)24(19-28-22)26(33)15-20-9-10-27(29-18-20)31-11-13-34-14-12-31/h3-5,7-10,17-19H,2,6,11-16H2,1H3,(H,28,30). The second kappa shape index (κ2) is 11.5. The minimum atomic E-state index is -0.0571. The van der Waals surface area contributed by atoms with E-state index in [1.165, 1.54) is 0 Å². The summed E-state index contributed by atoms with van der Waals surface area (Å²) < 4.78 is 5.40. The van der Waals surface area contributed by atoms with Gasteiger partial charge in [-0.1, -0.05) is 31.2 Å². The second-order valence-electron chi connectivity index (χ2n) is 8.40. The van der Waals surface area contributed by atoms with Crippen molar-refractivity contribution < 1.29 is 14.3 Å². The average molecular weight is 459 g/mol. The second-order valence-corrected chi connectivity index (χ2v) is 8.40. The lowest BCUT2D eigenvalue weighted by Gasteiger charge is -2.27. The van der Waals surface area contributed by atoms with E-state index >= 15 is 0 Å². The number of Topliss-reactive ketones (excluding diaryl/α,β-unsaturated/α-hetero) is 2. The lowest BCUT2D eigenvalue weighted by Crippen LogP contribution is -2.36. The molecule has 0 unspecified atom stereocenters. The molecule has 1 aromatic carbocycles. The van der Waals surface area contributed by atoms with Gasteiger partial charge >= 0.3 is 0 Å². The molecule has 0 atom stereocenters. The Morgan fingerprint density at radius 3 is 2.50 bits per heavy atom. The van der Waals surface area contributed by atoms with E-state index in [4.69, 9.17) is 4.74 Å². The molecule has 0 radical (unpaired) electrons. The topological polar surface area (TPSA) is 84.4 Å². The van der Waals surface area contributed by atoms with Gasteiger partial charge in [0.1, 0.15) is 11.6 Å². The minimum Gasteiger partial charge on any atom is -0.378 e. The number of pyridine rings is 2. The molecule has 1 aliphatic rings. The molecule has 0 spiro atoms. The fourth-order valence-corrected chi connectivity index (χ4v) is 3.95. The maximum Gasteiger partial charge on any atom is 0.170 e. The first-order valence-corrected chi connectivity index (χ1v) is 11.8. The van der Waals surface area contributed by atoms with Crippen LogP contribution in [-0.4, -0.2) is 47.8 Å². The number of anilines is 3. The summed E-state index contributed by atoms with van der Waals surface area (Å²) in [5.41, 5.74) is 3.51. The molecule has 3 heterocycles. The number of rotatable bonds is 10. The summed E-state index contributed by atoms with van der Waals surface area (Å²) in [6.45, 7) is 5.02. The van der Waals surface area contributed by atoms with E-state index in [1.54, 1.807) is 12.4 Å². The summed E-state index contributed by atoms with van der Waals surface area (Å²) in [7, 11) is 0. The predicted molar refractivity (Wildman–Crippen MR) is 133 cm³/mol. The molecule has 4 rings (SSSR count). The maximum absolute atomic E-state index is 13.2. The van der Waals surface area contributed by atoms with Crippen molar-refractivity contribution in [1.82, 2.24) is 9.97 Å². The number of carbonyl (C=O) groups is 2. The van der Waals surface area contributed by atoms with Gasteiger partial charge in [0.15, 0.2) is 5.78 Å². The van der Waals surface area contributed by atoms with E-state index in [2.05, 4.69) is 20.2 Å². The van der Waals surface area contributed by atoms with Gasteiger partial charge in [0.25, 0.3) is 0 Å². The minimum absolute atomic E-state index is 0.0571. The molecule has 0 amide bonds. The number of ketones is 2. The van der Waals surface area contributed by atoms with Crippen LogP contribution in [0.2, 0.25) is 0 Å². The molecule has 3 aromatic rings. The number of nitrogens with one attached hydrogen (secondary N) is 1. The number of carbonyl (C=O) groups excluding carboxylic acids is 2. The van der Waals surface area contributed by atoms with E-state index in [0.717, 1.165) is 36.6 Å². The van der Waals surface area contributed by atoms with Crippen LogP contribution in [0.1, 0.15) is 41.4 Å². The molecule has 7 heteroatoms. The molecule has 1 N–H and O–H groups in total. The Balaban J connectivity index is 1.52. The molecule has 176 valence electrons. The largest absolute Gasteiger partial charge is 0.378 e. The first-order chi connectivity index (χ1) is 16.6. The van der Waals surface area contributed by atoms with Gasteiger partial charge in [-0.2, -0.15) is 0 Å². The van der Waals surface area contributed by atoms with Crippen molar-refractivity contribution in [2.24, 2.45) is 0 Å². The molecule has 2 aromatic heterocycles.